The zero-order chi connectivity index (χ0) is 44.7. The lowest BCUT2D eigenvalue weighted by Gasteiger charge is -2.46. The first kappa shape index (κ1) is 55.9. The first-order valence-corrected chi connectivity index (χ1v) is 24.4. The molecule has 0 saturated carbocycles. The Morgan fingerprint density at radius 3 is 1.51 bits per heavy atom. The number of aliphatic hydroxyl groups excluding tert-OH is 8. The van der Waals surface area contributed by atoms with Crippen LogP contribution >= 0.6 is 0 Å². The lowest BCUT2D eigenvalue weighted by Crippen LogP contribution is -2.65. The summed E-state index contributed by atoms with van der Waals surface area (Å²) in [7, 11) is 0. The molecule has 0 spiro atoms. The van der Waals surface area contributed by atoms with E-state index in [-0.39, 0.29) is 18.9 Å². The molecule has 0 aromatic carbocycles. The van der Waals surface area contributed by atoms with E-state index in [0.717, 1.165) is 32.1 Å². The van der Waals surface area contributed by atoms with Crippen LogP contribution in [0.2, 0.25) is 0 Å². The van der Waals surface area contributed by atoms with Gasteiger partial charge >= 0.3 is 0 Å². The van der Waals surface area contributed by atoms with Crippen LogP contribution in [0.3, 0.4) is 0 Å². The number of nitrogens with one attached hydrogen (secondary N) is 1. The molecule has 12 unspecified atom stereocenters. The van der Waals surface area contributed by atoms with Gasteiger partial charge in [0.1, 0.15) is 48.8 Å². The Kier molecular flexibility index (Phi) is 32.1. The molecule has 2 heterocycles. The van der Waals surface area contributed by atoms with Crippen LogP contribution < -0.4 is 5.32 Å². The highest BCUT2D eigenvalue weighted by molar-refractivity contribution is 5.76. The molecule has 1 amide bonds. The van der Waals surface area contributed by atoms with Gasteiger partial charge < -0.3 is 65.1 Å². The molecule has 0 radical (unpaired) electrons. The first-order chi connectivity index (χ1) is 29.6. The summed E-state index contributed by atoms with van der Waals surface area (Å²) in [4.78, 5) is 12.8. The van der Waals surface area contributed by atoms with Crippen LogP contribution in [0.15, 0.2) is 12.2 Å². The minimum absolute atomic E-state index is 0.263. The molecule has 61 heavy (non-hydrogen) atoms. The predicted molar refractivity (Wildman–Crippen MR) is 235 cm³/mol. The van der Waals surface area contributed by atoms with Gasteiger partial charge in [0.15, 0.2) is 12.6 Å². The second-order valence-corrected chi connectivity index (χ2v) is 17.6. The largest absolute Gasteiger partial charge is 0.394 e. The van der Waals surface area contributed by atoms with E-state index in [1.165, 1.54) is 128 Å². The third-order valence-corrected chi connectivity index (χ3v) is 12.2. The van der Waals surface area contributed by atoms with E-state index >= 15 is 0 Å². The van der Waals surface area contributed by atoms with Gasteiger partial charge in [0.2, 0.25) is 5.91 Å². The van der Waals surface area contributed by atoms with Crippen LogP contribution in [-0.4, -0.2) is 140 Å². The van der Waals surface area contributed by atoms with E-state index < -0.39 is 86.8 Å². The van der Waals surface area contributed by atoms with Crippen LogP contribution in [-0.2, 0) is 23.7 Å². The van der Waals surface area contributed by atoms with E-state index in [4.69, 9.17) is 18.9 Å². The quantitative estimate of drug-likeness (QED) is 0.0274. The van der Waals surface area contributed by atoms with Crippen molar-refractivity contribution in [2.45, 2.75) is 261 Å². The van der Waals surface area contributed by atoms with Gasteiger partial charge in [-0.3, -0.25) is 4.79 Å². The lowest BCUT2D eigenvalue weighted by molar-refractivity contribution is -0.359. The van der Waals surface area contributed by atoms with Gasteiger partial charge in [-0.25, -0.2) is 0 Å². The van der Waals surface area contributed by atoms with Crippen LogP contribution in [0.5, 0.6) is 0 Å². The van der Waals surface area contributed by atoms with Crippen molar-refractivity contribution < 1.29 is 64.6 Å². The molecule has 0 aromatic rings. The summed E-state index contributed by atoms with van der Waals surface area (Å²) in [6.07, 6.45) is 19.5. The highest BCUT2D eigenvalue weighted by Crippen LogP contribution is 2.30. The molecule has 2 fully saturated rings. The van der Waals surface area contributed by atoms with Gasteiger partial charge in [-0.15, -0.1) is 0 Å². The number of ether oxygens (including phenoxy) is 4. The van der Waals surface area contributed by atoms with Crippen molar-refractivity contribution in [3.63, 3.8) is 0 Å². The van der Waals surface area contributed by atoms with Crippen molar-refractivity contribution >= 4 is 5.91 Å². The van der Waals surface area contributed by atoms with Crippen molar-refractivity contribution in [1.82, 2.24) is 5.32 Å². The number of unbranched alkanes of at least 4 members (excludes halogenated alkanes) is 24. The second-order valence-electron chi connectivity index (χ2n) is 17.6. The molecule has 9 N–H and O–H groups in total. The summed E-state index contributed by atoms with van der Waals surface area (Å²) >= 11 is 0. The molecule has 12 atom stereocenters. The van der Waals surface area contributed by atoms with E-state index in [2.05, 4.69) is 12.2 Å². The predicted octanol–water partition coefficient (Wildman–Crippen LogP) is 5.60. The van der Waals surface area contributed by atoms with Crippen LogP contribution in [0.1, 0.15) is 187 Å². The van der Waals surface area contributed by atoms with Gasteiger partial charge in [0.05, 0.1) is 32.0 Å². The average Bonchev–Trinajstić information content (AvgIpc) is 3.25. The Morgan fingerprint density at radius 2 is 1.02 bits per heavy atom. The molecule has 2 aliphatic heterocycles. The van der Waals surface area contributed by atoms with Crippen LogP contribution in [0.25, 0.3) is 0 Å². The third kappa shape index (κ3) is 23.0. The number of aliphatic hydroxyl groups is 8. The number of hydrogen-bond acceptors (Lipinski definition) is 13. The van der Waals surface area contributed by atoms with E-state index in [9.17, 15) is 45.6 Å². The molecule has 2 rings (SSSR count). The monoisotopic (exact) mass is 876 g/mol. The van der Waals surface area contributed by atoms with Crippen LogP contribution in [0, 0.1) is 0 Å². The molecular formula is C47H89NO13. The Morgan fingerprint density at radius 1 is 0.574 bits per heavy atom. The molecule has 0 bridgehead atoms. The Hall–Kier alpha value is -1.27. The normalized spacial score (nSPS) is 28.0. The highest BCUT2D eigenvalue weighted by atomic mass is 16.7. The Bertz CT molecular complexity index is 1080. The summed E-state index contributed by atoms with van der Waals surface area (Å²) in [5.74, 6) is -0.263. The second kappa shape index (κ2) is 35.0. The zero-order valence-corrected chi connectivity index (χ0v) is 37.9. The first-order valence-electron chi connectivity index (χ1n) is 24.4. The van der Waals surface area contributed by atoms with Gasteiger partial charge in [-0.2, -0.15) is 0 Å². The summed E-state index contributed by atoms with van der Waals surface area (Å²) < 4.78 is 22.5. The number of allylic oxidation sites excluding steroid dienone is 1. The minimum Gasteiger partial charge on any atom is -0.394 e. The van der Waals surface area contributed by atoms with E-state index in [1.807, 2.05) is 13.0 Å². The Balaban J connectivity index is 1.67. The van der Waals surface area contributed by atoms with Crippen molar-refractivity contribution in [2.24, 2.45) is 0 Å². The molecule has 360 valence electrons. The third-order valence-electron chi connectivity index (χ3n) is 12.2. The number of carbonyl (C=O) groups is 1. The maximum Gasteiger partial charge on any atom is 0.220 e. The number of rotatable bonds is 37. The van der Waals surface area contributed by atoms with Gasteiger partial charge in [-0.1, -0.05) is 174 Å². The average molecular weight is 876 g/mol. The minimum atomic E-state index is -1.78. The topological polar surface area (TPSA) is 228 Å². The highest BCUT2D eigenvalue weighted by Gasteiger charge is 2.51. The summed E-state index contributed by atoms with van der Waals surface area (Å²) in [6, 6.07) is -0.904. The van der Waals surface area contributed by atoms with E-state index in [1.54, 1.807) is 6.08 Å². The maximum atomic E-state index is 12.8. The summed E-state index contributed by atoms with van der Waals surface area (Å²) in [5, 5.41) is 86.0. The van der Waals surface area contributed by atoms with Gasteiger partial charge in [0, 0.05) is 6.42 Å². The standard InChI is InChI=1S/C47H89NO13/c1-3-5-7-8-9-10-11-12-13-14-15-16-17-18-19-20-21-22-23-24-25-26-27-29-30-36(51)35(48-39(52)31-28-6-4-2)34-58-46-44(57)42(55)45(38(33-50)60-46)61-47-43(56)41(54)40(53)37(32-49)59-47/h29-30,35-38,40-47,49-51,53-57H,3-28,31-34H2,1-2H3,(H,48,52)/b30-29+. The fraction of sp³-hybridized carbons (Fsp3) is 0.936. The van der Waals surface area contributed by atoms with Crippen molar-refractivity contribution in [3.8, 4) is 0 Å². The maximum absolute atomic E-state index is 12.8. The molecule has 2 aliphatic rings. The fourth-order valence-corrected chi connectivity index (χ4v) is 8.17. The van der Waals surface area contributed by atoms with E-state index in [0.29, 0.717) is 6.42 Å². The fourth-order valence-electron chi connectivity index (χ4n) is 8.17. The van der Waals surface area contributed by atoms with Crippen molar-refractivity contribution in [2.75, 3.05) is 19.8 Å². The number of hydrogen-bond donors (Lipinski definition) is 9. The van der Waals surface area contributed by atoms with Gasteiger partial charge in [0.25, 0.3) is 0 Å². The smallest absolute Gasteiger partial charge is 0.220 e. The van der Waals surface area contributed by atoms with Crippen molar-refractivity contribution in [3.05, 3.63) is 12.2 Å². The summed E-state index contributed by atoms with van der Waals surface area (Å²) in [6.45, 7) is 2.60. The van der Waals surface area contributed by atoms with Gasteiger partial charge in [-0.05, 0) is 19.3 Å². The molecule has 2 saturated heterocycles. The van der Waals surface area contributed by atoms with Crippen LogP contribution in [0.4, 0.5) is 0 Å². The lowest BCUT2D eigenvalue weighted by atomic mass is 9.97. The zero-order valence-electron chi connectivity index (χ0n) is 37.9. The summed E-state index contributed by atoms with van der Waals surface area (Å²) in [5.41, 5.74) is 0. The number of amides is 1. The molecule has 0 aliphatic carbocycles. The molecule has 14 nitrogen and oxygen atoms in total. The van der Waals surface area contributed by atoms with Crippen molar-refractivity contribution in [1.29, 1.82) is 0 Å². The SMILES string of the molecule is CCCCCCCCCCCCCCCCCCCCCCCC/C=C/C(O)C(COC1OC(CO)C(OC2OC(CO)C(O)C(O)C2O)C(O)C1O)NC(=O)CCCCC. The Labute approximate surface area is 367 Å². The molecule has 14 heteroatoms. The number of carbonyl (C=O) groups excluding carboxylic acids is 1. The molecular weight excluding hydrogens is 787 g/mol. The molecule has 0 aromatic heterocycles.